The molecule has 2 aromatic heterocycles. The molecule has 1 aliphatic rings. The number of nitrogens with one attached hydrogen (secondary N) is 2. The van der Waals surface area contributed by atoms with Gasteiger partial charge in [0.2, 0.25) is 5.95 Å². The summed E-state index contributed by atoms with van der Waals surface area (Å²) in [6.07, 6.45) is 4.63. The molecule has 1 saturated carbocycles. The summed E-state index contributed by atoms with van der Waals surface area (Å²) < 4.78 is 5.50. The molecule has 0 radical (unpaired) electrons. The fourth-order valence-electron chi connectivity index (χ4n) is 4.98. The van der Waals surface area contributed by atoms with Crippen molar-refractivity contribution in [2.45, 2.75) is 45.2 Å². The number of benzene rings is 2. The molecule has 0 spiro atoms. The SMILES string of the molecule is Cc1onc(-c2ccccc2)c1CNC[C@H]1CC[C@@H](Nc2nc(N(C)C)c3ccccc3n2)CC1. The Labute approximate surface area is 206 Å². The van der Waals surface area contributed by atoms with E-state index in [1.165, 1.54) is 12.8 Å². The smallest absolute Gasteiger partial charge is 0.225 e. The molecule has 4 aromatic rings. The standard InChI is InChI=1S/C28H34N6O/c1-19-24(26(33-35-19)21-9-5-4-6-10-21)18-29-17-20-13-15-22(16-14-20)30-28-31-25-12-8-7-11-23(25)27(32-28)34(2)3/h4-12,20,22,29H,13-18H2,1-3H3,(H,30,31,32)/t20-,22+. The van der Waals surface area contributed by atoms with E-state index in [9.17, 15) is 0 Å². The van der Waals surface area contributed by atoms with Gasteiger partial charge in [-0.3, -0.25) is 0 Å². The molecule has 7 nitrogen and oxygen atoms in total. The number of para-hydroxylation sites is 1. The number of nitrogens with zero attached hydrogens (tertiary/aromatic N) is 4. The Morgan fingerprint density at radius 1 is 0.943 bits per heavy atom. The highest BCUT2D eigenvalue weighted by Gasteiger charge is 2.23. The number of aromatic nitrogens is 3. The Balaban J connectivity index is 1.14. The Morgan fingerprint density at radius 2 is 1.69 bits per heavy atom. The zero-order valence-corrected chi connectivity index (χ0v) is 20.8. The Kier molecular flexibility index (Phi) is 6.95. The van der Waals surface area contributed by atoms with Crippen LogP contribution in [0.4, 0.5) is 11.8 Å². The predicted molar refractivity (Wildman–Crippen MR) is 142 cm³/mol. The third-order valence-corrected chi connectivity index (χ3v) is 6.95. The Hall–Kier alpha value is -3.45. The van der Waals surface area contributed by atoms with Gasteiger partial charge in [-0.05, 0) is 57.2 Å². The van der Waals surface area contributed by atoms with Crippen molar-refractivity contribution in [2.75, 3.05) is 30.9 Å². The number of hydrogen-bond donors (Lipinski definition) is 2. The van der Waals surface area contributed by atoms with Gasteiger partial charge in [0.15, 0.2) is 0 Å². The lowest BCUT2D eigenvalue weighted by Crippen LogP contribution is -2.31. The first-order chi connectivity index (χ1) is 17.1. The summed E-state index contributed by atoms with van der Waals surface area (Å²) in [7, 11) is 4.06. The van der Waals surface area contributed by atoms with Crippen LogP contribution < -0.4 is 15.5 Å². The maximum absolute atomic E-state index is 5.50. The topological polar surface area (TPSA) is 79.1 Å². The highest BCUT2D eigenvalue weighted by atomic mass is 16.5. The summed E-state index contributed by atoms with van der Waals surface area (Å²) in [5.41, 5.74) is 4.17. The molecule has 1 aliphatic carbocycles. The van der Waals surface area contributed by atoms with E-state index in [1.807, 2.05) is 51.4 Å². The lowest BCUT2D eigenvalue weighted by Gasteiger charge is -2.29. The molecule has 0 atom stereocenters. The molecule has 2 heterocycles. The molecule has 0 aliphatic heterocycles. The average Bonchev–Trinajstić information content (AvgIpc) is 3.25. The lowest BCUT2D eigenvalue weighted by molar-refractivity contribution is 0.323. The van der Waals surface area contributed by atoms with E-state index in [-0.39, 0.29) is 0 Å². The van der Waals surface area contributed by atoms with Crippen LogP contribution in [0, 0.1) is 12.8 Å². The van der Waals surface area contributed by atoms with Crippen molar-refractivity contribution in [2.24, 2.45) is 5.92 Å². The van der Waals surface area contributed by atoms with Gasteiger partial charge >= 0.3 is 0 Å². The van der Waals surface area contributed by atoms with E-state index in [0.717, 1.165) is 71.2 Å². The van der Waals surface area contributed by atoms with E-state index in [0.29, 0.717) is 12.0 Å². The van der Waals surface area contributed by atoms with Crippen LogP contribution in [0.25, 0.3) is 22.2 Å². The molecule has 7 heteroatoms. The highest BCUT2D eigenvalue weighted by Crippen LogP contribution is 2.29. The van der Waals surface area contributed by atoms with Crippen LogP contribution in [-0.2, 0) is 6.54 Å². The van der Waals surface area contributed by atoms with Crippen LogP contribution in [0.1, 0.15) is 37.0 Å². The molecular weight excluding hydrogens is 436 g/mol. The second-order valence-corrected chi connectivity index (χ2v) is 9.71. The van der Waals surface area contributed by atoms with E-state index in [2.05, 4.69) is 45.0 Å². The summed E-state index contributed by atoms with van der Waals surface area (Å²) >= 11 is 0. The fraction of sp³-hybridized carbons (Fsp3) is 0.393. The first kappa shape index (κ1) is 23.3. The largest absolute Gasteiger partial charge is 0.362 e. The van der Waals surface area contributed by atoms with Gasteiger partial charge in [0.05, 0.1) is 5.52 Å². The van der Waals surface area contributed by atoms with Crippen LogP contribution in [0.3, 0.4) is 0 Å². The van der Waals surface area contributed by atoms with Crippen LogP contribution in [0.15, 0.2) is 59.1 Å². The van der Waals surface area contributed by atoms with Gasteiger partial charge in [0.25, 0.3) is 0 Å². The van der Waals surface area contributed by atoms with Gasteiger partial charge in [-0.25, -0.2) is 4.98 Å². The van der Waals surface area contributed by atoms with Crippen molar-refractivity contribution in [1.82, 2.24) is 20.4 Å². The van der Waals surface area contributed by atoms with E-state index in [1.54, 1.807) is 0 Å². The van der Waals surface area contributed by atoms with Gasteiger partial charge in [0.1, 0.15) is 17.3 Å². The van der Waals surface area contributed by atoms with Crippen molar-refractivity contribution in [3.63, 3.8) is 0 Å². The molecule has 0 bridgehead atoms. The summed E-state index contributed by atoms with van der Waals surface area (Å²) in [4.78, 5) is 11.6. The second-order valence-electron chi connectivity index (χ2n) is 9.71. The van der Waals surface area contributed by atoms with Gasteiger partial charge in [-0.2, -0.15) is 4.98 Å². The molecule has 0 unspecified atom stereocenters. The third-order valence-electron chi connectivity index (χ3n) is 6.95. The first-order valence-corrected chi connectivity index (χ1v) is 12.5. The summed E-state index contributed by atoms with van der Waals surface area (Å²) in [5, 5.41) is 12.7. The normalized spacial score (nSPS) is 18.0. The van der Waals surface area contributed by atoms with Crippen LogP contribution in [0.5, 0.6) is 0 Å². The quantitative estimate of drug-likeness (QED) is 0.356. The maximum Gasteiger partial charge on any atom is 0.225 e. The van der Waals surface area contributed by atoms with E-state index >= 15 is 0 Å². The molecule has 2 N–H and O–H groups in total. The molecule has 5 rings (SSSR count). The van der Waals surface area contributed by atoms with Crippen molar-refractivity contribution in [3.8, 4) is 11.3 Å². The summed E-state index contributed by atoms with van der Waals surface area (Å²) in [6, 6.07) is 18.9. The maximum atomic E-state index is 5.50. The molecule has 182 valence electrons. The van der Waals surface area contributed by atoms with Gasteiger partial charge < -0.3 is 20.1 Å². The molecule has 35 heavy (non-hydrogen) atoms. The van der Waals surface area contributed by atoms with Crippen molar-refractivity contribution >= 4 is 22.7 Å². The number of hydrogen-bond acceptors (Lipinski definition) is 7. The minimum absolute atomic E-state index is 0.410. The number of fused-ring (bicyclic) bond motifs is 1. The molecule has 2 aromatic carbocycles. The molecule has 1 fully saturated rings. The minimum Gasteiger partial charge on any atom is -0.362 e. The summed E-state index contributed by atoms with van der Waals surface area (Å²) in [6.45, 7) is 3.77. The van der Waals surface area contributed by atoms with Crippen molar-refractivity contribution in [3.05, 3.63) is 65.9 Å². The minimum atomic E-state index is 0.410. The monoisotopic (exact) mass is 470 g/mol. The first-order valence-electron chi connectivity index (χ1n) is 12.5. The number of rotatable bonds is 8. The Morgan fingerprint density at radius 3 is 2.46 bits per heavy atom. The molecule has 0 amide bonds. The van der Waals surface area contributed by atoms with E-state index < -0.39 is 0 Å². The highest BCUT2D eigenvalue weighted by molar-refractivity contribution is 5.90. The van der Waals surface area contributed by atoms with Crippen molar-refractivity contribution < 1.29 is 4.52 Å². The van der Waals surface area contributed by atoms with Gasteiger partial charge in [-0.1, -0.05) is 47.6 Å². The summed E-state index contributed by atoms with van der Waals surface area (Å²) in [5.74, 6) is 3.24. The van der Waals surface area contributed by atoms with E-state index in [4.69, 9.17) is 14.5 Å². The number of anilines is 2. The second kappa shape index (κ2) is 10.4. The molecule has 0 saturated heterocycles. The Bertz CT molecular complexity index is 1260. The third kappa shape index (κ3) is 5.30. The van der Waals surface area contributed by atoms with Crippen LogP contribution in [0.2, 0.25) is 0 Å². The van der Waals surface area contributed by atoms with Crippen LogP contribution in [-0.4, -0.2) is 41.8 Å². The average molecular weight is 471 g/mol. The zero-order chi connectivity index (χ0) is 24.2. The predicted octanol–water partition coefficient (Wildman–Crippen LogP) is 5.42. The zero-order valence-electron chi connectivity index (χ0n) is 20.8. The van der Waals surface area contributed by atoms with Crippen LogP contribution >= 0.6 is 0 Å². The van der Waals surface area contributed by atoms with Gasteiger partial charge in [0, 0.05) is 43.2 Å². The lowest BCUT2D eigenvalue weighted by atomic mass is 9.86. The van der Waals surface area contributed by atoms with Gasteiger partial charge in [-0.15, -0.1) is 0 Å². The molecular formula is C28H34N6O. The number of aryl methyl sites for hydroxylation is 1. The fourth-order valence-corrected chi connectivity index (χ4v) is 4.98. The van der Waals surface area contributed by atoms with Crippen molar-refractivity contribution in [1.29, 1.82) is 0 Å².